The minimum Gasteiger partial charge on any atom is -0.444 e. The molecule has 1 aromatic rings. The average molecular weight is 375 g/mol. The van der Waals surface area contributed by atoms with E-state index in [0.717, 1.165) is 36.4 Å². The zero-order valence-electron chi connectivity index (χ0n) is 12.8. The summed E-state index contributed by atoms with van der Waals surface area (Å²) in [4.78, 5) is 13.8. The second-order valence-corrected chi connectivity index (χ2v) is 8.76. The summed E-state index contributed by atoms with van der Waals surface area (Å²) < 4.78 is 6.57. The Morgan fingerprint density at radius 1 is 1.57 bits per heavy atom. The highest BCUT2D eigenvalue weighted by atomic mass is 79.9. The van der Waals surface area contributed by atoms with Gasteiger partial charge in [-0.2, -0.15) is 0 Å². The smallest absolute Gasteiger partial charge is 0.410 e. The lowest BCUT2D eigenvalue weighted by Crippen LogP contribution is -2.36. The van der Waals surface area contributed by atoms with E-state index in [1.54, 1.807) is 11.3 Å². The lowest BCUT2D eigenvalue weighted by Gasteiger charge is -2.24. The van der Waals surface area contributed by atoms with E-state index in [1.165, 1.54) is 5.56 Å². The third kappa shape index (κ3) is 5.60. The van der Waals surface area contributed by atoms with Gasteiger partial charge in [-0.3, -0.25) is 0 Å². The second kappa shape index (κ2) is 7.11. The van der Waals surface area contributed by atoms with Crippen molar-refractivity contribution in [3.05, 3.63) is 20.8 Å². The number of carbonyl (C=O) groups excluding carboxylic acids is 1. The van der Waals surface area contributed by atoms with Crippen molar-refractivity contribution in [2.24, 2.45) is 5.92 Å². The van der Waals surface area contributed by atoms with E-state index in [1.807, 2.05) is 25.7 Å². The number of halogens is 1. The molecule has 6 heteroatoms. The number of ether oxygens (including phenoxy) is 1. The van der Waals surface area contributed by atoms with Crippen LogP contribution >= 0.6 is 27.3 Å². The third-order valence-electron chi connectivity index (χ3n) is 3.32. The molecule has 0 spiro atoms. The molecule has 1 aromatic heterocycles. The maximum absolute atomic E-state index is 12.0. The molecule has 0 aliphatic carbocycles. The van der Waals surface area contributed by atoms with Crippen LogP contribution in [-0.4, -0.2) is 36.2 Å². The SMILES string of the molecule is CC(C)(C)OC(=O)N1CCC(CNCc2csc(Br)c2)C1. The molecule has 1 fully saturated rings. The van der Waals surface area contributed by atoms with Gasteiger partial charge in [0.15, 0.2) is 0 Å². The van der Waals surface area contributed by atoms with Crippen LogP contribution in [-0.2, 0) is 11.3 Å². The number of nitrogens with zero attached hydrogens (tertiary/aromatic N) is 1. The van der Waals surface area contributed by atoms with Crippen molar-refractivity contribution in [1.82, 2.24) is 10.2 Å². The predicted octanol–water partition coefficient (Wildman–Crippen LogP) is 3.86. The molecule has 1 N–H and O–H groups in total. The number of thiophene rings is 1. The monoisotopic (exact) mass is 374 g/mol. The Hall–Kier alpha value is -0.590. The number of carbonyl (C=O) groups is 1. The van der Waals surface area contributed by atoms with Crippen LogP contribution < -0.4 is 5.32 Å². The Bertz CT molecular complexity index is 484. The highest BCUT2D eigenvalue weighted by Gasteiger charge is 2.29. The molecule has 1 amide bonds. The molecule has 0 aromatic carbocycles. The van der Waals surface area contributed by atoms with Crippen LogP contribution in [0.4, 0.5) is 4.79 Å². The lowest BCUT2D eigenvalue weighted by molar-refractivity contribution is 0.0288. The van der Waals surface area contributed by atoms with Crippen molar-refractivity contribution >= 4 is 33.4 Å². The Kier molecular flexibility index (Phi) is 5.68. The maximum atomic E-state index is 12.0. The van der Waals surface area contributed by atoms with Gasteiger partial charge < -0.3 is 15.0 Å². The number of hydrogen-bond donors (Lipinski definition) is 1. The van der Waals surface area contributed by atoms with Crippen LogP contribution in [0, 0.1) is 5.92 Å². The molecule has 0 saturated carbocycles. The molecule has 4 nitrogen and oxygen atoms in total. The Labute approximate surface area is 139 Å². The van der Waals surface area contributed by atoms with E-state index in [-0.39, 0.29) is 6.09 Å². The molecule has 0 radical (unpaired) electrons. The molecule has 1 atom stereocenters. The van der Waals surface area contributed by atoms with Gasteiger partial charge in [0.2, 0.25) is 0 Å². The molecule has 1 aliphatic heterocycles. The predicted molar refractivity (Wildman–Crippen MR) is 89.6 cm³/mol. The third-order valence-corrected chi connectivity index (χ3v) is 4.87. The molecule has 2 rings (SSSR count). The fourth-order valence-corrected chi connectivity index (χ4v) is 3.56. The van der Waals surface area contributed by atoms with Gasteiger partial charge >= 0.3 is 6.09 Å². The van der Waals surface area contributed by atoms with Gasteiger partial charge in [0.05, 0.1) is 3.79 Å². The van der Waals surface area contributed by atoms with Crippen LogP contribution in [0.3, 0.4) is 0 Å². The molecule has 1 saturated heterocycles. The Morgan fingerprint density at radius 3 is 2.95 bits per heavy atom. The van der Waals surface area contributed by atoms with Gasteiger partial charge in [0.1, 0.15) is 5.60 Å². The fraction of sp³-hybridized carbons (Fsp3) is 0.667. The van der Waals surface area contributed by atoms with Crippen LogP contribution in [0.2, 0.25) is 0 Å². The van der Waals surface area contributed by atoms with Crippen molar-refractivity contribution in [1.29, 1.82) is 0 Å². The van der Waals surface area contributed by atoms with Gasteiger partial charge in [-0.15, -0.1) is 11.3 Å². The topological polar surface area (TPSA) is 41.6 Å². The van der Waals surface area contributed by atoms with Crippen molar-refractivity contribution in [2.75, 3.05) is 19.6 Å². The summed E-state index contributed by atoms with van der Waals surface area (Å²) in [6, 6.07) is 2.14. The van der Waals surface area contributed by atoms with E-state index < -0.39 is 5.60 Å². The quantitative estimate of drug-likeness (QED) is 0.869. The highest BCUT2D eigenvalue weighted by Crippen LogP contribution is 2.21. The first-order chi connectivity index (χ1) is 9.83. The number of amides is 1. The van der Waals surface area contributed by atoms with Crippen LogP contribution in [0.1, 0.15) is 32.8 Å². The van der Waals surface area contributed by atoms with Gasteiger partial charge in [0.25, 0.3) is 0 Å². The molecule has 118 valence electrons. The fourth-order valence-electron chi connectivity index (χ4n) is 2.35. The van der Waals surface area contributed by atoms with Crippen LogP contribution in [0.5, 0.6) is 0 Å². The van der Waals surface area contributed by atoms with E-state index >= 15 is 0 Å². The van der Waals surface area contributed by atoms with Gasteiger partial charge in [-0.25, -0.2) is 4.79 Å². The molecular weight excluding hydrogens is 352 g/mol. The van der Waals surface area contributed by atoms with Crippen molar-refractivity contribution in [2.45, 2.75) is 39.3 Å². The molecule has 0 bridgehead atoms. The van der Waals surface area contributed by atoms with Gasteiger partial charge in [-0.1, -0.05) is 0 Å². The average Bonchev–Trinajstić information content (AvgIpc) is 2.97. The zero-order chi connectivity index (χ0) is 15.5. The van der Waals surface area contributed by atoms with E-state index in [0.29, 0.717) is 5.92 Å². The van der Waals surface area contributed by atoms with Crippen molar-refractivity contribution < 1.29 is 9.53 Å². The minimum absolute atomic E-state index is 0.188. The Balaban J connectivity index is 1.69. The molecular formula is C15H23BrN2O2S. The van der Waals surface area contributed by atoms with E-state index in [9.17, 15) is 4.79 Å². The van der Waals surface area contributed by atoms with E-state index in [2.05, 4.69) is 32.7 Å². The zero-order valence-corrected chi connectivity index (χ0v) is 15.2. The normalized spacial score (nSPS) is 19.0. The van der Waals surface area contributed by atoms with Crippen molar-refractivity contribution in [3.63, 3.8) is 0 Å². The summed E-state index contributed by atoms with van der Waals surface area (Å²) in [5, 5.41) is 5.62. The molecule has 1 unspecified atom stereocenters. The lowest BCUT2D eigenvalue weighted by atomic mass is 10.1. The minimum atomic E-state index is -0.417. The maximum Gasteiger partial charge on any atom is 0.410 e. The molecule has 21 heavy (non-hydrogen) atoms. The highest BCUT2D eigenvalue weighted by molar-refractivity contribution is 9.11. The second-order valence-electron chi connectivity index (χ2n) is 6.47. The van der Waals surface area contributed by atoms with Gasteiger partial charge in [0, 0.05) is 26.2 Å². The number of rotatable bonds is 4. The first-order valence-electron chi connectivity index (χ1n) is 7.25. The first kappa shape index (κ1) is 16.8. The number of nitrogens with one attached hydrogen (secondary N) is 1. The first-order valence-corrected chi connectivity index (χ1v) is 8.92. The summed E-state index contributed by atoms with van der Waals surface area (Å²) in [5.74, 6) is 0.514. The van der Waals surface area contributed by atoms with Gasteiger partial charge in [-0.05, 0) is 66.0 Å². The standard InChI is InChI=1S/C15H23BrN2O2S/c1-15(2,3)20-14(19)18-5-4-11(9-18)7-17-8-12-6-13(16)21-10-12/h6,10-11,17H,4-5,7-9H2,1-3H3. The summed E-state index contributed by atoms with van der Waals surface area (Å²) in [6.45, 7) is 9.11. The van der Waals surface area contributed by atoms with E-state index in [4.69, 9.17) is 4.74 Å². The van der Waals surface area contributed by atoms with Crippen LogP contribution in [0.15, 0.2) is 15.2 Å². The summed E-state index contributed by atoms with van der Waals surface area (Å²) >= 11 is 5.17. The van der Waals surface area contributed by atoms with Crippen LogP contribution in [0.25, 0.3) is 0 Å². The number of hydrogen-bond acceptors (Lipinski definition) is 4. The summed E-state index contributed by atoms with van der Waals surface area (Å²) in [6.07, 6.45) is 0.853. The molecule has 1 aliphatic rings. The summed E-state index contributed by atoms with van der Waals surface area (Å²) in [5.41, 5.74) is 0.883. The summed E-state index contributed by atoms with van der Waals surface area (Å²) in [7, 11) is 0. The molecule has 2 heterocycles. The van der Waals surface area contributed by atoms with Crippen molar-refractivity contribution in [3.8, 4) is 0 Å². The number of likely N-dealkylation sites (tertiary alicyclic amines) is 1. The Morgan fingerprint density at radius 2 is 2.33 bits per heavy atom. The largest absolute Gasteiger partial charge is 0.444 e.